The SMILES string of the molecule is COCC(O)CNC(=O)c1cc(Cl)ncc1[N+](=O)[O-]. The average Bonchev–Trinajstić information content (AvgIpc) is 2.35. The van der Waals surface area contributed by atoms with Gasteiger partial charge >= 0.3 is 0 Å². The Hall–Kier alpha value is -1.77. The number of ether oxygens (including phenoxy) is 1. The molecule has 0 aromatic carbocycles. The van der Waals surface area contributed by atoms with E-state index >= 15 is 0 Å². The van der Waals surface area contributed by atoms with E-state index in [0.29, 0.717) is 0 Å². The van der Waals surface area contributed by atoms with Crippen molar-refractivity contribution < 1.29 is 19.6 Å². The van der Waals surface area contributed by atoms with Gasteiger partial charge < -0.3 is 15.2 Å². The highest BCUT2D eigenvalue weighted by Gasteiger charge is 2.21. The highest BCUT2D eigenvalue weighted by molar-refractivity contribution is 6.29. The van der Waals surface area contributed by atoms with Crippen LogP contribution >= 0.6 is 11.6 Å². The number of aromatic nitrogens is 1. The van der Waals surface area contributed by atoms with Crippen LogP contribution < -0.4 is 5.32 Å². The van der Waals surface area contributed by atoms with Crippen LogP contribution in [0.25, 0.3) is 0 Å². The molecule has 0 saturated heterocycles. The number of aliphatic hydroxyl groups excluding tert-OH is 1. The molecule has 1 aromatic heterocycles. The summed E-state index contributed by atoms with van der Waals surface area (Å²) in [5, 5.41) is 22.4. The summed E-state index contributed by atoms with van der Waals surface area (Å²) in [5.41, 5.74) is -0.669. The Bertz CT molecular complexity index is 482. The van der Waals surface area contributed by atoms with Gasteiger partial charge in [0.25, 0.3) is 11.6 Å². The van der Waals surface area contributed by atoms with Crippen LogP contribution in [0.2, 0.25) is 5.15 Å². The van der Waals surface area contributed by atoms with Crippen LogP contribution in [0.15, 0.2) is 12.3 Å². The van der Waals surface area contributed by atoms with E-state index in [1.54, 1.807) is 0 Å². The van der Waals surface area contributed by atoms with Crippen molar-refractivity contribution in [3.63, 3.8) is 0 Å². The van der Waals surface area contributed by atoms with Crippen LogP contribution in [-0.2, 0) is 4.74 Å². The molecule has 0 aliphatic heterocycles. The number of aliphatic hydroxyl groups is 1. The summed E-state index contributed by atoms with van der Waals surface area (Å²) in [6.45, 7) is -0.0523. The number of hydrogen-bond donors (Lipinski definition) is 2. The lowest BCUT2D eigenvalue weighted by atomic mass is 10.2. The normalized spacial score (nSPS) is 11.9. The first-order valence-electron chi connectivity index (χ1n) is 5.20. The molecule has 0 aliphatic rings. The van der Waals surface area contributed by atoms with Gasteiger partial charge in [-0.3, -0.25) is 14.9 Å². The first-order chi connectivity index (χ1) is 8.95. The van der Waals surface area contributed by atoms with E-state index in [9.17, 15) is 20.0 Å². The summed E-state index contributed by atoms with van der Waals surface area (Å²) in [5.74, 6) is -0.717. The van der Waals surface area contributed by atoms with E-state index in [1.165, 1.54) is 7.11 Å². The third-order valence-electron chi connectivity index (χ3n) is 2.15. The monoisotopic (exact) mass is 289 g/mol. The van der Waals surface area contributed by atoms with E-state index in [4.69, 9.17) is 11.6 Å². The van der Waals surface area contributed by atoms with Gasteiger partial charge in [0.1, 0.15) is 16.9 Å². The molecule has 0 aliphatic carbocycles. The summed E-state index contributed by atoms with van der Waals surface area (Å²) in [7, 11) is 1.40. The maximum absolute atomic E-state index is 11.8. The molecule has 1 amide bonds. The third kappa shape index (κ3) is 4.43. The van der Waals surface area contributed by atoms with Gasteiger partial charge in [0.2, 0.25) is 0 Å². The minimum atomic E-state index is -0.898. The number of halogens is 1. The Balaban J connectivity index is 2.81. The van der Waals surface area contributed by atoms with Gasteiger partial charge in [0.05, 0.1) is 17.6 Å². The second-order valence-electron chi connectivity index (χ2n) is 3.60. The van der Waals surface area contributed by atoms with E-state index in [0.717, 1.165) is 12.3 Å². The molecular formula is C10H12ClN3O5. The summed E-state index contributed by atoms with van der Waals surface area (Å²) >= 11 is 5.59. The van der Waals surface area contributed by atoms with Crippen molar-refractivity contribution in [3.05, 3.63) is 33.1 Å². The van der Waals surface area contributed by atoms with E-state index in [2.05, 4.69) is 15.0 Å². The molecule has 1 heterocycles. The smallest absolute Gasteiger partial charge is 0.300 e. The summed E-state index contributed by atoms with van der Waals surface area (Å²) in [6.07, 6.45) is 0.00773. The number of pyridine rings is 1. The fraction of sp³-hybridized carbons (Fsp3) is 0.400. The van der Waals surface area contributed by atoms with E-state index < -0.39 is 22.6 Å². The maximum Gasteiger partial charge on any atom is 0.300 e. The molecule has 1 atom stereocenters. The van der Waals surface area contributed by atoms with E-state index in [1.807, 2.05) is 0 Å². The predicted molar refractivity (Wildman–Crippen MR) is 66.1 cm³/mol. The van der Waals surface area contributed by atoms with Crippen LogP contribution in [0.5, 0.6) is 0 Å². The molecule has 1 rings (SSSR count). The van der Waals surface area contributed by atoms with Crippen LogP contribution in [0.3, 0.4) is 0 Å². The van der Waals surface area contributed by atoms with Crippen molar-refractivity contribution >= 4 is 23.2 Å². The minimum absolute atomic E-state index is 0.0341. The topological polar surface area (TPSA) is 115 Å². The quantitative estimate of drug-likeness (QED) is 0.444. The molecule has 0 saturated carbocycles. The predicted octanol–water partition coefficient (Wildman–Crippen LogP) is 0.380. The number of hydrogen-bond acceptors (Lipinski definition) is 6. The van der Waals surface area contributed by atoms with Gasteiger partial charge in [0.15, 0.2) is 0 Å². The zero-order valence-electron chi connectivity index (χ0n) is 10.00. The summed E-state index contributed by atoms with van der Waals surface area (Å²) in [4.78, 5) is 25.3. The summed E-state index contributed by atoms with van der Waals surface area (Å²) in [6, 6.07) is 1.09. The van der Waals surface area contributed by atoms with Crippen LogP contribution in [0.1, 0.15) is 10.4 Å². The molecule has 0 bridgehead atoms. The number of rotatable bonds is 6. The highest BCUT2D eigenvalue weighted by Crippen LogP contribution is 2.20. The molecule has 8 nitrogen and oxygen atoms in total. The number of carbonyl (C=O) groups is 1. The van der Waals surface area contributed by atoms with Crippen LogP contribution in [-0.4, -0.2) is 47.3 Å². The second kappa shape index (κ2) is 6.98. The number of methoxy groups -OCH3 is 1. The van der Waals surface area contributed by atoms with Crippen molar-refractivity contribution in [2.75, 3.05) is 20.3 Å². The molecule has 0 radical (unpaired) electrons. The molecule has 19 heavy (non-hydrogen) atoms. The average molecular weight is 290 g/mol. The lowest BCUT2D eigenvalue weighted by Gasteiger charge is -2.10. The number of nitro groups is 1. The van der Waals surface area contributed by atoms with Crippen molar-refractivity contribution in [2.45, 2.75) is 6.10 Å². The Morgan fingerprint density at radius 1 is 1.74 bits per heavy atom. The zero-order valence-corrected chi connectivity index (χ0v) is 10.8. The number of nitrogens with one attached hydrogen (secondary N) is 1. The molecule has 0 fully saturated rings. The maximum atomic E-state index is 11.8. The van der Waals surface area contributed by atoms with Gasteiger partial charge in [0, 0.05) is 13.7 Å². The minimum Gasteiger partial charge on any atom is -0.389 e. The molecule has 1 aromatic rings. The highest BCUT2D eigenvalue weighted by atomic mass is 35.5. The van der Waals surface area contributed by atoms with Gasteiger partial charge in [-0.05, 0) is 6.07 Å². The molecule has 2 N–H and O–H groups in total. The van der Waals surface area contributed by atoms with Crippen molar-refractivity contribution in [1.82, 2.24) is 10.3 Å². The number of amides is 1. The third-order valence-corrected chi connectivity index (χ3v) is 2.35. The van der Waals surface area contributed by atoms with E-state index in [-0.39, 0.29) is 23.9 Å². The number of carbonyl (C=O) groups excluding carboxylic acids is 1. The van der Waals surface area contributed by atoms with Crippen molar-refractivity contribution in [1.29, 1.82) is 0 Å². The zero-order chi connectivity index (χ0) is 14.4. The first kappa shape index (κ1) is 15.3. The number of nitrogens with zero attached hydrogens (tertiary/aromatic N) is 2. The van der Waals surface area contributed by atoms with Gasteiger partial charge in [-0.1, -0.05) is 11.6 Å². The van der Waals surface area contributed by atoms with Crippen molar-refractivity contribution in [3.8, 4) is 0 Å². The lowest BCUT2D eigenvalue weighted by molar-refractivity contribution is -0.385. The molecule has 9 heteroatoms. The summed E-state index contributed by atoms with van der Waals surface area (Å²) < 4.78 is 4.68. The van der Waals surface area contributed by atoms with Gasteiger partial charge in [-0.2, -0.15) is 0 Å². The van der Waals surface area contributed by atoms with Crippen LogP contribution in [0.4, 0.5) is 5.69 Å². The van der Waals surface area contributed by atoms with Gasteiger partial charge in [-0.15, -0.1) is 0 Å². The fourth-order valence-electron chi connectivity index (χ4n) is 1.31. The lowest BCUT2D eigenvalue weighted by Crippen LogP contribution is -2.34. The Kier molecular flexibility index (Phi) is 5.61. The Labute approximate surface area is 113 Å². The largest absolute Gasteiger partial charge is 0.389 e. The standard InChI is InChI=1S/C10H12ClN3O5/c1-19-5-6(15)3-13-10(16)7-2-9(11)12-4-8(7)14(17)18/h2,4,6,15H,3,5H2,1H3,(H,13,16). The van der Waals surface area contributed by atoms with Crippen LogP contribution in [0, 0.1) is 10.1 Å². The molecule has 1 unspecified atom stereocenters. The van der Waals surface area contributed by atoms with Crippen molar-refractivity contribution in [2.24, 2.45) is 0 Å². The first-order valence-corrected chi connectivity index (χ1v) is 5.58. The molecule has 0 spiro atoms. The van der Waals surface area contributed by atoms with Gasteiger partial charge in [-0.25, -0.2) is 4.98 Å². The fourth-order valence-corrected chi connectivity index (χ4v) is 1.46. The Morgan fingerprint density at radius 3 is 3.00 bits per heavy atom. The Morgan fingerprint density at radius 2 is 2.42 bits per heavy atom. The molecule has 104 valence electrons. The molecular weight excluding hydrogens is 278 g/mol. The second-order valence-corrected chi connectivity index (χ2v) is 3.99.